The molecule has 0 aliphatic carbocycles. The third kappa shape index (κ3) is 3.77. The van der Waals surface area contributed by atoms with E-state index in [2.05, 4.69) is 17.1 Å². The topological polar surface area (TPSA) is 79.0 Å². The van der Waals surface area contributed by atoms with E-state index in [9.17, 15) is 14.9 Å². The van der Waals surface area contributed by atoms with Crippen molar-refractivity contribution in [1.29, 1.82) is 5.26 Å². The molecule has 7 aromatic rings. The zero-order valence-electron chi connectivity index (χ0n) is 23.3. The summed E-state index contributed by atoms with van der Waals surface area (Å²) in [5, 5.41) is 11.7. The van der Waals surface area contributed by atoms with Gasteiger partial charge in [0.2, 0.25) is 0 Å². The number of carbonyl (C=O) groups is 2. The van der Waals surface area contributed by atoms with E-state index in [-0.39, 0.29) is 11.8 Å². The van der Waals surface area contributed by atoms with Crippen LogP contribution >= 0.6 is 0 Å². The number of pyridine rings is 1. The highest BCUT2D eigenvalue weighted by atomic mass is 16.2. The lowest BCUT2D eigenvalue weighted by atomic mass is 10.0. The fraction of sp³-hybridized carbons (Fsp3) is 0. The first-order chi connectivity index (χ1) is 21.6. The molecular weight excluding hydrogens is 544 g/mol. The van der Waals surface area contributed by atoms with Gasteiger partial charge in [-0.2, -0.15) is 5.26 Å². The van der Waals surface area contributed by atoms with E-state index in [1.165, 1.54) is 4.90 Å². The second-order valence-corrected chi connectivity index (χ2v) is 10.7. The standard InChI is InChI=1S/C38H22N4O2/c39-22-27-19-20-40-23-32(27)26-15-18-30-29-9-4-5-11-33(29)42(35(30)21-26)34-12-6-10-31-36(34)38(44)41(37(31)43)28-16-13-25(14-17-28)24-7-2-1-3-8-24/h1-21,23H. The van der Waals surface area contributed by atoms with Gasteiger partial charge in [-0.05, 0) is 59.2 Å². The molecule has 0 saturated heterocycles. The van der Waals surface area contributed by atoms with Crippen LogP contribution in [0.1, 0.15) is 26.3 Å². The lowest BCUT2D eigenvalue weighted by Crippen LogP contribution is -2.29. The Morgan fingerprint density at radius 1 is 0.614 bits per heavy atom. The quantitative estimate of drug-likeness (QED) is 0.201. The minimum atomic E-state index is -0.367. The van der Waals surface area contributed by atoms with Gasteiger partial charge in [-0.3, -0.25) is 14.6 Å². The maximum Gasteiger partial charge on any atom is 0.268 e. The van der Waals surface area contributed by atoms with E-state index in [1.807, 2.05) is 108 Å². The van der Waals surface area contributed by atoms with Crippen molar-refractivity contribution in [2.24, 2.45) is 0 Å². The molecule has 0 spiro atoms. The normalized spacial score (nSPS) is 12.6. The Hall–Kier alpha value is -6.32. The van der Waals surface area contributed by atoms with Gasteiger partial charge in [0.25, 0.3) is 11.8 Å². The van der Waals surface area contributed by atoms with Crippen LogP contribution in [0, 0.1) is 11.3 Å². The first-order valence-electron chi connectivity index (χ1n) is 14.2. The van der Waals surface area contributed by atoms with Crippen molar-refractivity contribution in [3.63, 3.8) is 0 Å². The number of aromatic nitrogens is 2. The molecule has 206 valence electrons. The number of nitrogens with zero attached hydrogens (tertiary/aromatic N) is 4. The van der Waals surface area contributed by atoms with Gasteiger partial charge in [-0.1, -0.05) is 78.9 Å². The van der Waals surface area contributed by atoms with Crippen LogP contribution in [0.5, 0.6) is 0 Å². The van der Waals surface area contributed by atoms with Crippen LogP contribution in [0.3, 0.4) is 0 Å². The number of carbonyl (C=O) groups excluding carboxylic acids is 2. The number of anilines is 1. The van der Waals surface area contributed by atoms with Gasteiger partial charge in [0.1, 0.15) is 0 Å². The molecule has 0 saturated carbocycles. The second kappa shape index (κ2) is 9.90. The molecule has 5 aromatic carbocycles. The maximum atomic E-state index is 14.2. The van der Waals surface area contributed by atoms with E-state index in [1.54, 1.807) is 24.5 Å². The summed E-state index contributed by atoms with van der Waals surface area (Å²) in [6, 6.07) is 40.9. The Bertz CT molecular complexity index is 2330. The Labute approximate surface area is 252 Å². The largest absolute Gasteiger partial charge is 0.308 e. The highest BCUT2D eigenvalue weighted by Gasteiger charge is 2.39. The van der Waals surface area contributed by atoms with E-state index in [4.69, 9.17) is 0 Å². The minimum Gasteiger partial charge on any atom is -0.308 e. The number of imide groups is 1. The van der Waals surface area contributed by atoms with Gasteiger partial charge in [-0.25, -0.2) is 4.90 Å². The average molecular weight is 567 g/mol. The molecule has 8 rings (SSSR count). The predicted octanol–water partition coefficient (Wildman–Crippen LogP) is 8.18. The van der Waals surface area contributed by atoms with E-state index in [0.29, 0.717) is 28.1 Å². The highest BCUT2D eigenvalue weighted by Crippen LogP contribution is 2.39. The van der Waals surface area contributed by atoms with E-state index in [0.717, 1.165) is 44.1 Å². The number of amides is 2. The highest BCUT2D eigenvalue weighted by molar-refractivity contribution is 6.35. The van der Waals surface area contributed by atoms with Gasteiger partial charge in [-0.15, -0.1) is 0 Å². The summed E-state index contributed by atoms with van der Waals surface area (Å²) in [6.45, 7) is 0. The summed E-state index contributed by atoms with van der Waals surface area (Å²) in [4.78, 5) is 33.5. The molecular formula is C38H22N4O2. The fourth-order valence-electron chi connectivity index (χ4n) is 6.24. The number of nitriles is 1. The Balaban J connectivity index is 1.30. The van der Waals surface area contributed by atoms with E-state index >= 15 is 0 Å². The van der Waals surface area contributed by atoms with Gasteiger partial charge >= 0.3 is 0 Å². The van der Waals surface area contributed by atoms with Crippen LogP contribution in [-0.4, -0.2) is 21.4 Å². The molecule has 2 aromatic heterocycles. The lowest BCUT2D eigenvalue weighted by Gasteiger charge is -2.15. The Morgan fingerprint density at radius 2 is 1.34 bits per heavy atom. The Kier molecular flexibility index (Phi) is 5.71. The number of benzene rings is 5. The van der Waals surface area contributed by atoms with Crippen molar-refractivity contribution in [3.8, 4) is 34.0 Å². The summed E-state index contributed by atoms with van der Waals surface area (Å²) in [5.41, 5.74) is 7.77. The minimum absolute atomic E-state index is 0.352. The number of para-hydroxylation sites is 1. The summed E-state index contributed by atoms with van der Waals surface area (Å²) < 4.78 is 2.04. The zero-order valence-corrected chi connectivity index (χ0v) is 23.3. The molecule has 0 unspecified atom stereocenters. The van der Waals surface area contributed by atoms with E-state index < -0.39 is 0 Å². The van der Waals surface area contributed by atoms with Crippen molar-refractivity contribution in [1.82, 2.24) is 9.55 Å². The molecule has 0 fully saturated rings. The lowest BCUT2D eigenvalue weighted by molar-refractivity contribution is 0.0926. The molecule has 1 aliphatic rings. The van der Waals surface area contributed by atoms with Crippen LogP contribution in [-0.2, 0) is 0 Å². The van der Waals surface area contributed by atoms with Crippen molar-refractivity contribution in [3.05, 3.63) is 150 Å². The van der Waals surface area contributed by atoms with Gasteiger partial charge in [0.05, 0.1) is 45.2 Å². The number of rotatable bonds is 4. The summed E-state index contributed by atoms with van der Waals surface area (Å²) in [7, 11) is 0. The summed E-state index contributed by atoms with van der Waals surface area (Å²) in [5.74, 6) is -0.719. The third-order valence-corrected chi connectivity index (χ3v) is 8.29. The summed E-state index contributed by atoms with van der Waals surface area (Å²) >= 11 is 0. The molecule has 44 heavy (non-hydrogen) atoms. The number of hydrogen-bond acceptors (Lipinski definition) is 4. The average Bonchev–Trinajstić information content (AvgIpc) is 3.55. The maximum absolute atomic E-state index is 14.2. The van der Waals surface area contributed by atoms with Gasteiger partial charge in [0, 0.05) is 28.7 Å². The monoisotopic (exact) mass is 566 g/mol. The molecule has 0 radical (unpaired) electrons. The molecule has 2 amide bonds. The molecule has 0 bridgehead atoms. The zero-order chi connectivity index (χ0) is 29.8. The fourth-order valence-corrected chi connectivity index (χ4v) is 6.24. The first-order valence-corrected chi connectivity index (χ1v) is 14.2. The van der Waals surface area contributed by atoms with Crippen molar-refractivity contribution < 1.29 is 9.59 Å². The predicted molar refractivity (Wildman–Crippen MR) is 172 cm³/mol. The third-order valence-electron chi connectivity index (χ3n) is 8.29. The van der Waals surface area contributed by atoms with Crippen LogP contribution in [0.2, 0.25) is 0 Å². The molecule has 3 heterocycles. The number of fused-ring (bicyclic) bond motifs is 4. The van der Waals surface area contributed by atoms with Gasteiger partial charge < -0.3 is 4.57 Å². The SMILES string of the molecule is N#Cc1ccncc1-c1ccc2c3ccccc3n(-c3cccc4c3C(=O)N(c3ccc(-c5ccccc5)cc3)C4=O)c2c1. The van der Waals surface area contributed by atoms with Crippen molar-refractivity contribution in [2.45, 2.75) is 0 Å². The molecule has 6 nitrogen and oxygen atoms in total. The molecule has 0 N–H and O–H groups in total. The number of hydrogen-bond donors (Lipinski definition) is 0. The van der Waals surface area contributed by atoms with Crippen LogP contribution in [0.4, 0.5) is 5.69 Å². The van der Waals surface area contributed by atoms with Crippen LogP contribution in [0.25, 0.3) is 49.7 Å². The molecule has 0 atom stereocenters. The Morgan fingerprint density at radius 3 is 2.16 bits per heavy atom. The first kappa shape index (κ1) is 25.4. The van der Waals surface area contributed by atoms with Gasteiger partial charge in [0.15, 0.2) is 0 Å². The summed E-state index contributed by atoms with van der Waals surface area (Å²) in [6.07, 6.45) is 3.30. The smallest absolute Gasteiger partial charge is 0.268 e. The van der Waals surface area contributed by atoms with Crippen LogP contribution in [0.15, 0.2) is 134 Å². The van der Waals surface area contributed by atoms with Crippen LogP contribution < -0.4 is 4.90 Å². The van der Waals surface area contributed by atoms with Crippen molar-refractivity contribution >= 4 is 39.3 Å². The van der Waals surface area contributed by atoms with Crippen molar-refractivity contribution in [2.75, 3.05) is 4.90 Å². The molecule has 6 heteroatoms. The molecule has 1 aliphatic heterocycles. The second-order valence-electron chi connectivity index (χ2n) is 10.7.